The third-order valence-electron chi connectivity index (χ3n) is 1.40. The summed E-state index contributed by atoms with van der Waals surface area (Å²) >= 11 is 0. The number of aromatic nitrogens is 2. The monoisotopic (exact) mass is 151 g/mol. The molecule has 1 heterocycles. The molecular formula is C8H13N3. The largest absolute Gasteiger partial charge is 0.330 e. The van der Waals surface area contributed by atoms with Gasteiger partial charge in [0, 0.05) is 18.9 Å². The van der Waals surface area contributed by atoms with Gasteiger partial charge in [0.1, 0.15) is 5.49 Å². The summed E-state index contributed by atoms with van der Waals surface area (Å²) in [6.07, 6.45) is 5.10. The molecular weight excluding hydrogens is 138 g/mol. The van der Waals surface area contributed by atoms with Crippen molar-refractivity contribution in [1.29, 1.82) is 5.41 Å². The quantitative estimate of drug-likeness (QED) is 0.673. The Morgan fingerprint density at radius 2 is 2.36 bits per heavy atom. The molecule has 0 radical (unpaired) electrons. The standard InChI is InChI=1S/C8H13N3/c1-7(2)6-11-4-3-10-5-8(11)9/h3-5,7,9H,6H2,1-2H3. The summed E-state index contributed by atoms with van der Waals surface area (Å²) in [7, 11) is 0. The van der Waals surface area contributed by atoms with Crippen molar-refractivity contribution < 1.29 is 0 Å². The first-order valence-electron chi connectivity index (χ1n) is 3.75. The van der Waals surface area contributed by atoms with E-state index in [0.29, 0.717) is 11.4 Å². The molecule has 3 nitrogen and oxygen atoms in total. The molecule has 0 aromatic carbocycles. The van der Waals surface area contributed by atoms with Crippen LogP contribution >= 0.6 is 0 Å². The minimum Gasteiger partial charge on any atom is -0.330 e. The van der Waals surface area contributed by atoms with Crippen molar-refractivity contribution in [1.82, 2.24) is 9.55 Å². The van der Waals surface area contributed by atoms with Crippen LogP contribution in [0.25, 0.3) is 0 Å². The third kappa shape index (κ3) is 2.18. The van der Waals surface area contributed by atoms with E-state index in [1.165, 1.54) is 0 Å². The lowest BCUT2D eigenvalue weighted by atomic mass is 10.2. The molecule has 1 N–H and O–H groups in total. The smallest absolute Gasteiger partial charge is 0.143 e. The van der Waals surface area contributed by atoms with Crippen molar-refractivity contribution in [2.45, 2.75) is 20.4 Å². The average Bonchev–Trinajstić information content (AvgIpc) is 1.93. The molecule has 1 rings (SSSR count). The van der Waals surface area contributed by atoms with E-state index in [9.17, 15) is 0 Å². The van der Waals surface area contributed by atoms with Crippen LogP contribution in [0.4, 0.5) is 0 Å². The molecule has 0 aliphatic heterocycles. The first kappa shape index (κ1) is 7.98. The van der Waals surface area contributed by atoms with Gasteiger partial charge < -0.3 is 4.57 Å². The van der Waals surface area contributed by atoms with Crippen LogP contribution < -0.4 is 5.49 Å². The molecule has 0 atom stereocenters. The van der Waals surface area contributed by atoms with Gasteiger partial charge in [-0.25, -0.2) is 0 Å². The van der Waals surface area contributed by atoms with Gasteiger partial charge in [-0.1, -0.05) is 13.8 Å². The second-order valence-electron chi connectivity index (χ2n) is 3.01. The van der Waals surface area contributed by atoms with Crippen molar-refractivity contribution >= 4 is 0 Å². The Balaban J connectivity index is 2.87. The minimum atomic E-state index is 0.473. The Morgan fingerprint density at radius 3 is 2.91 bits per heavy atom. The summed E-state index contributed by atoms with van der Waals surface area (Å²) in [4.78, 5) is 3.84. The molecule has 0 unspecified atom stereocenters. The number of nitrogens with one attached hydrogen (secondary N) is 1. The first-order valence-corrected chi connectivity index (χ1v) is 3.75. The molecule has 0 amide bonds. The second kappa shape index (κ2) is 3.32. The number of rotatable bonds is 2. The number of hydrogen-bond donors (Lipinski definition) is 1. The van der Waals surface area contributed by atoms with Crippen LogP contribution in [-0.4, -0.2) is 9.55 Å². The van der Waals surface area contributed by atoms with Crippen LogP contribution in [0.5, 0.6) is 0 Å². The fourth-order valence-corrected chi connectivity index (χ4v) is 0.940. The van der Waals surface area contributed by atoms with Gasteiger partial charge in [-0.15, -0.1) is 0 Å². The van der Waals surface area contributed by atoms with Crippen LogP contribution in [0.2, 0.25) is 0 Å². The highest BCUT2D eigenvalue weighted by Gasteiger charge is 1.94. The Morgan fingerprint density at radius 1 is 1.64 bits per heavy atom. The fraction of sp³-hybridized carbons (Fsp3) is 0.500. The van der Waals surface area contributed by atoms with E-state index in [1.54, 1.807) is 12.4 Å². The van der Waals surface area contributed by atoms with Gasteiger partial charge in [-0.05, 0) is 5.92 Å². The van der Waals surface area contributed by atoms with Gasteiger partial charge in [0.15, 0.2) is 0 Å². The van der Waals surface area contributed by atoms with Crippen molar-refractivity contribution in [2.24, 2.45) is 5.92 Å². The molecule has 3 heteroatoms. The van der Waals surface area contributed by atoms with Gasteiger partial charge in [-0.2, -0.15) is 0 Å². The summed E-state index contributed by atoms with van der Waals surface area (Å²) in [5.41, 5.74) is 0.473. The maximum atomic E-state index is 7.46. The molecule has 1 aromatic rings. The van der Waals surface area contributed by atoms with E-state index in [4.69, 9.17) is 5.41 Å². The van der Waals surface area contributed by atoms with Crippen molar-refractivity contribution in [2.75, 3.05) is 0 Å². The summed E-state index contributed by atoms with van der Waals surface area (Å²) in [5.74, 6) is 0.575. The van der Waals surface area contributed by atoms with E-state index in [1.807, 2.05) is 10.8 Å². The molecule has 0 saturated carbocycles. The fourth-order valence-electron chi connectivity index (χ4n) is 0.940. The van der Waals surface area contributed by atoms with Crippen LogP contribution in [-0.2, 0) is 6.54 Å². The van der Waals surface area contributed by atoms with E-state index in [-0.39, 0.29) is 0 Å². The second-order valence-corrected chi connectivity index (χ2v) is 3.01. The van der Waals surface area contributed by atoms with Gasteiger partial charge in [0.2, 0.25) is 0 Å². The zero-order chi connectivity index (χ0) is 8.27. The molecule has 0 bridgehead atoms. The lowest BCUT2D eigenvalue weighted by Gasteiger charge is -2.07. The Hall–Kier alpha value is -1.12. The highest BCUT2D eigenvalue weighted by Crippen LogP contribution is 1.93. The Kier molecular flexibility index (Phi) is 2.41. The number of nitrogens with zero attached hydrogens (tertiary/aromatic N) is 2. The summed E-state index contributed by atoms with van der Waals surface area (Å²) in [6, 6.07) is 0. The summed E-state index contributed by atoms with van der Waals surface area (Å²) < 4.78 is 1.89. The van der Waals surface area contributed by atoms with Crippen LogP contribution in [0.3, 0.4) is 0 Å². The maximum Gasteiger partial charge on any atom is 0.143 e. The number of hydrogen-bond acceptors (Lipinski definition) is 2. The average molecular weight is 151 g/mol. The molecule has 11 heavy (non-hydrogen) atoms. The zero-order valence-electron chi connectivity index (χ0n) is 6.91. The SMILES string of the molecule is CC(C)Cn1ccncc1=N. The summed E-state index contributed by atoms with van der Waals surface area (Å²) in [6.45, 7) is 5.15. The molecule has 1 aromatic heterocycles. The molecule has 60 valence electrons. The first-order chi connectivity index (χ1) is 5.20. The highest BCUT2D eigenvalue weighted by molar-refractivity contribution is 4.77. The van der Waals surface area contributed by atoms with E-state index in [2.05, 4.69) is 18.8 Å². The Labute approximate surface area is 66.2 Å². The third-order valence-corrected chi connectivity index (χ3v) is 1.40. The van der Waals surface area contributed by atoms with E-state index in [0.717, 1.165) is 6.54 Å². The highest BCUT2D eigenvalue weighted by atomic mass is 15.0. The summed E-state index contributed by atoms with van der Waals surface area (Å²) in [5, 5.41) is 7.46. The van der Waals surface area contributed by atoms with Gasteiger partial charge >= 0.3 is 0 Å². The normalized spacial score (nSPS) is 10.5. The lowest BCUT2D eigenvalue weighted by molar-refractivity contribution is 0.501. The molecule has 0 spiro atoms. The molecule has 0 aliphatic rings. The van der Waals surface area contributed by atoms with Crippen LogP contribution in [0.1, 0.15) is 13.8 Å². The maximum absolute atomic E-state index is 7.46. The van der Waals surface area contributed by atoms with Gasteiger partial charge in [0.25, 0.3) is 0 Å². The predicted molar refractivity (Wildman–Crippen MR) is 42.9 cm³/mol. The molecule has 0 saturated heterocycles. The van der Waals surface area contributed by atoms with E-state index >= 15 is 0 Å². The van der Waals surface area contributed by atoms with Gasteiger partial charge in [-0.3, -0.25) is 10.4 Å². The van der Waals surface area contributed by atoms with E-state index < -0.39 is 0 Å². The van der Waals surface area contributed by atoms with Crippen molar-refractivity contribution in [3.63, 3.8) is 0 Å². The van der Waals surface area contributed by atoms with Crippen molar-refractivity contribution in [3.05, 3.63) is 24.1 Å². The van der Waals surface area contributed by atoms with Crippen LogP contribution in [0, 0.1) is 11.3 Å². The van der Waals surface area contributed by atoms with Crippen LogP contribution in [0.15, 0.2) is 18.6 Å². The lowest BCUT2D eigenvalue weighted by Crippen LogP contribution is -2.21. The molecule has 0 aliphatic carbocycles. The van der Waals surface area contributed by atoms with Gasteiger partial charge in [0.05, 0.1) is 6.20 Å². The molecule has 0 fully saturated rings. The minimum absolute atomic E-state index is 0.473. The topological polar surface area (TPSA) is 41.7 Å². The van der Waals surface area contributed by atoms with Crippen molar-refractivity contribution in [3.8, 4) is 0 Å². The Bertz CT molecular complexity index is 275. The zero-order valence-corrected chi connectivity index (χ0v) is 6.91. The predicted octanol–water partition coefficient (Wildman–Crippen LogP) is 1.02.